The molecule has 0 spiro atoms. The van der Waals surface area contributed by atoms with Gasteiger partial charge in [-0.2, -0.15) is 0 Å². The van der Waals surface area contributed by atoms with Crippen molar-refractivity contribution in [3.63, 3.8) is 0 Å². The Balaban J connectivity index is 1.56. The maximum atomic E-state index is 13.7. The quantitative estimate of drug-likeness (QED) is 0.802. The number of anilines is 1. The van der Waals surface area contributed by atoms with Gasteiger partial charge in [-0.1, -0.05) is 18.2 Å². The molecule has 1 nitrogen and oxygen atoms in total. The summed E-state index contributed by atoms with van der Waals surface area (Å²) < 4.78 is 13.7. The van der Waals surface area contributed by atoms with Gasteiger partial charge in [0.15, 0.2) is 0 Å². The fourth-order valence-corrected chi connectivity index (χ4v) is 3.13. The van der Waals surface area contributed by atoms with E-state index in [-0.39, 0.29) is 5.82 Å². The average molecular weight is 287 g/mol. The van der Waals surface area contributed by atoms with Gasteiger partial charge >= 0.3 is 0 Å². The molecule has 1 aliphatic rings. The maximum Gasteiger partial charge on any atom is 0.126 e. The molecule has 1 fully saturated rings. The Morgan fingerprint density at radius 1 is 1.05 bits per heavy atom. The summed E-state index contributed by atoms with van der Waals surface area (Å²) in [6.07, 6.45) is 4.09. The van der Waals surface area contributed by atoms with E-state index in [2.05, 4.69) is 35.8 Å². The second kappa shape index (κ2) is 5.88. The second-order valence-electron chi connectivity index (χ2n) is 5.26. The SMILES string of the molecule is CSc1ccc(NC2CC(c3ccccc3F)C2)cc1. The second-order valence-corrected chi connectivity index (χ2v) is 6.14. The van der Waals surface area contributed by atoms with Gasteiger partial charge in [-0.05, 0) is 60.9 Å². The molecule has 1 N–H and O–H groups in total. The summed E-state index contributed by atoms with van der Waals surface area (Å²) in [6, 6.07) is 16.1. The van der Waals surface area contributed by atoms with Crippen molar-refractivity contribution in [1.29, 1.82) is 0 Å². The highest BCUT2D eigenvalue weighted by Crippen LogP contribution is 2.39. The predicted molar refractivity (Wildman–Crippen MR) is 84.0 cm³/mol. The van der Waals surface area contributed by atoms with Crippen LogP contribution in [-0.2, 0) is 0 Å². The highest BCUT2D eigenvalue weighted by molar-refractivity contribution is 7.98. The number of halogens is 1. The van der Waals surface area contributed by atoms with Crippen LogP contribution in [0.1, 0.15) is 24.3 Å². The monoisotopic (exact) mass is 287 g/mol. The van der Waals surface area contributed by atoms with Gasteiger partial charge in [0.1, 0.15) is 5.82 Å². The van der Waals surface area contributed by atoms with Crippen LogP contribution in [0.25, 0.3) is 0 Å². The molecule has 1 saturated carbocycles. The number of nitrogens with one attached hydrogen (secondary N) is 1. The summed E-state index contributed by atoms with van der Waals surface area (Å²) >= 11 is 1.75. The van der Waals surface area contributed by atoms with Crippen molar-refractivity contribution < 1.29 is 4.39 Å². The molecule has 0 saturated heterocycles. The standard InChI is InChI=1S/C17H18FNS/c1-20-15-8-6-13(7-9-15)19-14-10-12(11-14)16-4-2-3-5-17(16)18/h2-9,12,14,19H,10-11H2,1H3. The highest BCUT2D eigenvalue weighted by Gasteiger charge is 2.31. The molecule has 0 heterocycles. The summed E-state index contributed by atoms with van der Waals surface area (Å²) in [5.41, 5.74) is 2.02. The minimum absolute atomic E-state index is 0.0692. The van der Waals surface area contributed by atoms with Gasteiger partial charge in [0, 0.05) is 16.6 Å². The molecular weight excluding hydrogens is 269 g/mol. The Hall–Kier alpha value is -1.48. The minimum atomic E-state index is -0.0692. The smallest absolute Gasteiger partial charge is 0.126 e. The van der Waals surface area contributed by atoms with Crippen LogP contribution in [0.5, 0.6) is 0 Å². The van der Waals surface area contributed by atoms with Crippen molar-refractivity contribution in [2.75, 3.05) is 11.6 Å². The van der Waals surface area contributed by atoms with Crippen molar-refractivity contribution >= 4 is 17.4 Å². The van der Waals surface area contributed by atoms with Gasteiger partial charge < -0.3 is 5.32 Å². The summed E-state index contributed by atoms with van der Waals surface area (Å²) in [5, 5.41) is 3.52. The van der Waals surface area contributed by atoms with Crippen LogP contribution >= 0.6 is 11.8 Å². The summed E-state index contributed by atoms with van der Waals surface area (Å²) in [7, 11) is 0. The first-order chi connectivity index (χ1) is 9.76. The molecule has 0 atom stereocenters. The third-order valence-electron chi connectivity index (χ3n) is 3.94. The molecule has 0 bridgehead atoms. The Morgan fingerprint density at radius 3 is 2.40 bits per heavy atom. The van der Waals surface area contributed by atoms with Crippen molar-refractivity contribution in [3.8, 4) is 0 Å². The molecule has 0 radical (unpaired) electrons. The molecule has 3 rings (SSSR count). The van der Waals surface area contributed by atoms with E-state index in [0.717, 1.165) is 24.1 Å². The lowest BCUT2D eigenvalue weighted by molar-refractivity contribution is 0.363. The Labute approximate surface area is 123 Å². The van der Waals surface area contributed by atoms with Crippen LogP contribution in [0.4, 0.5) is 10.1 Å². The minimum Gasteiger partial charge on any atom is -0.382 e. The molecular formula is C17H18FNS. The fraction of sp³-hybridized carbons (Fsp3) is 0.294. The normalized spacial score (nSPS) is 21.3. The molecule has 1 aliphatic carbocycles. The lowest BCUT2D eigenvalue weighted by atomic mass is 9.75. The van der Waals surface area contributed by atoms with Gasteiger partial charge in [0.25, 0.3) is 0 Å². The highest BCUT2D eigenvalue weighted by atomic mass is 32.2. The molecule has 0 amide bonds. The van der Waals surface area contributed by atoms with E-state index in [9.17, 15) is 4.39 Å². The van der Waals surface area contributed by atoms with Gasteiger partial charge in [-0.25, -0.2) is 4.39 Å². The van der Waals surface area contributed by atoms with Gasteiger partial charge in [0.2, 0.25) is 0 Å². The topological polar surface area (TPSA) is 12.0 Å². The van der Waals surface area contributed by atoms with E-state index in [0.29, 0.717) is 12.0 Å². The van der Waals surface area contributed by atoms with Crippen molar-refractivity contribution in [2.24, 2.45) is 0 Å². The van der Waals surface area contributed by atoms with Crippen LogP contribution in [0.15, 0.2) is 53.4 Å². The number of rotatable bonds is 4. The van der Waals surface area contributed by atoms with Crippen LogP contribution in [0.3, 0.4) is 0 Å². The van der Waals surface area contributed by atoms with Crippen molar-refractivity contribution in [1.82, 2.24) is 0 Å². The summed E-state index contributed by atoms with van der Waals surface area (Å²) in [6.45, 7) is 0. The summed E-state index contributed by atoms with van der Waals surface area (Å²) in [4.78, 5) is 1.27. The first-order valence-corrected chi connectivity index (χ1v) is 8.14. The molecule has 2 aromatic rings. The largest absolute Gasteiger partial charge is 0.382 e. The van der Waals surface area contributed by atoms with E-state index < -0.39 is 0 Å². The van der Waals surface area contributed by atoms with Crippen molar-refractivity contribution in [2.45, 2.75) is 29.7 Å². The van der Waals surface area contributed by atoms with E-state index in [1.807, 2.05) is 12.1 Å². The first kappa shape index (κ1) is 13.5. The molecule has 0 unspecified atom stereocenters. The van der Waals surface area contributed by atoms with E-state index in [1.54, 1.807) is 23.9 Å². The third-order valence-corrected chi connectivity index (χ3v) is 4.69. The van der Waals surface area contributed by atoms with Crippen LogP contribution in [-0.4, -0.2) is 12.3 Å². The first-order valence-electron chi connectivity index (χ1n) is 6.91. The lowest BCUT2D eigenvalue weighted by Gasteiger charge is -2.37. The fourth-order valence-electron chi connectivity index (χ4n) is 2.72. The van der Waals surface area contributed by atoms with Crippen LogP contribution in [0, 0.1) is 5.82 Å². The molecule has 3 heteroatoms. The molecule has 104 valence electrons. The Kier molecular flexibility index (Phi) is 3.97. The average Bonchev–Trinajstić information content (AvgIpc) is 2.44. The summed E-state index contributed by atoms with van der Waals surface area (Å²) in [5.74, 6) is 0.291. The van der Waals surface area contributed by atoms with E-state index >= 15 is 0 Å². The Morgan fingerprint density at radius 2 is 1.75 bits per heavy atom. The van der Waals surface area contributed by atoms with Crippen LogP contribution < -0.4 is 5.32 Å². The predicted octanol–water partition coefficient (Wildman–Crippen LogP) is 4.91. The molecule has 0 aliphatic heterocycles. The Bertz CT molecular complexity index is 576. The lowest BCUT2D eigenvalue weighted by Crippen LogP contribution is -2.34. The van der Waals surface area contributed by atoms with Gasteiger partial charge in [-0.15, -0.1) is 11.8 Å². The van der Waals surface area contributed by atoms with E-state index in [1.165, 1.54) is 4.90 Å². The number of hydrogen-bond donors (Lipinski definition) is 1. The zero-order valence-electron chi connectivity index (χ0n) is 11.5. The third kappa shape index (κ3) is 2.83. The number of hydrogen-bond acceptors (Lipinski definition) is 2. The van der Waals surface area contributed by atoms with Crippen molar-refractivity contribution in [3.05, 3.63) is 59.9 Å². The van der Waals surface area contributed by atoms with E-state index in [4.69, 9.17) is 0 Å². The number of thioether (sulfide) groups is 1. The molecule has 2 aromatic carbocycles. The number of benzene rings is 2. The maximum absolute atomic E-state index is 13.7. The van der Waals surface area contributed by atoms with Gasteiger partial charge in [-0.3, -0.25) is 0 Å². The molecule has 0 aromatic heterocycles. The van der Waals surface area contributed by atoms with Gasteiger partial charge in [0.05, 0.1) is 0 Å². The zero-order valence-corrected chi connectivity index (χ0v) is 12.3. The zero-order chi connectivity index (χ0) is 13.9. The van der Waals surface area contributed by atoms with Crippen LogP contribution in [0.2, 0.25) is 0 Å². The molecule has 20 heavy (non-hydrogen) atoms.